The van der Waals surface area contributed by atoms with Gasteiger partial charge in [-0.2, -0.15) is 5.40 Å². The van der Waals surface area contributed by atoms with Crippen LogP contribution < -0.4 is 5.40 Å². The molecule has 0 aromatic carbocycles. The summed E-state index contributed by atoms with van der Waals surface area (Å²) in [6.45, 7) is 5.65. The molecule has 0 N–H and O–H groups in total. The molecule has 5 heavy (non-hydrogen) atoms. The summed E-state index contributed by atoms with van der Waals surface area (Å²) >= 11 is 0. The van der Waals surface area contributed by atoms with Crippen LogP contribution in [0.15, 0.2) is 0 Å². The van der Waals surface area contributed by atoms with Crippen molar-refractivity contribution in [3.8, 4) is 0 Å². The molecule has 0 fully saturated rings. The molecule has 30 valence electrons. The van der Waals surface area contributed by atoms with Crippen molar-refractivity contribution in [3.63, 3.8) is 0 Å². The lowest BCUT2D eigenvalue weighted by molar-refractivity contribution is 1.53. The minimum Gasteiger partial charge on any atom is -0.189 e. The van der Waals surface area contributed by atoms with E-state index in [4.69, 9.17) is 5.40 Å². The Labute approximate surface area is 34.3 Å². The zero-order valence-electron chi connectivity index (χ0n) is 3.95. The molecular formula is C3H9NSi. The summed E-state index contributed by atoms with van der Waals surface area (Å²) < 4.78 is 0. The molecule has 2 radical (unpaired) electrons. The first kappa shape index (κ1) is 5.18. The molecule has 0 aromatic heterocycles. The first-order chi connectivity index (χ1) is 2.00. The average Bonchev–Trinajstić information content (AvgIpc) is 0.722. The van der Waals surface area contributed by atoms with Crippen molar-refractivity contribution in [1.82, 2.24) is 5.40 Å². The van der Waals surface area contributed by atoms with Crippen molar-refractivity contribution in [2.45, 2.75) is 19.6 Å². The number of hydrogen-bond donors (Lipinski definition) is 0. The number of nitrogens with zero attached hydrogens (tertiary/aromatic N) is 1. The second kappa shape index (κ2) is 1.10. The minimum atomic E-state index is -1.61. The molecule has 0 spiro atoms. The summed E-state index contributed by atoms with van der Waals surface area (Å²) in [5, 5.41) is 8.66. The van der Waals surface area contributed by atoms with Gasteiger partial charge in [-0.3, -0.25) is 0 Å². The van der Waals surface area contributed by atoms with E-state index in [1.54, 1.807) is 0 Å². The van der Waals surface area contributed by atoms with Gasteiger partial charge in [0.1, 0.15) is 0 Å². The molecule has 0 saturated heterocycles. The molecule has 0 saturated carbocycles. The van der Waals surface area contributed by atoms with Crippen LogP contribution in [0, 0.1) is 0 Å². The van der Waals surface area contributed by atoms with Gasteiger partial charge in [0.05, 0.1) is 0 Å². The number of rotatable bonds is 0. The van der Waals surface area contributed by atoms with E-state index in [-0.39, 0.29) is 0 Å². The zero-order valence-corrected chi connectivity index (χ0v) is 4.95. The maximum atomic E-state index is 8.66. The molecule has 0 bridgehead atoms. The first-order valence-corrected chi connectivity index (χ1v) is 5.17. The minimum absolute atomic E-state index is 1.61. The van der Waals surface area contributed by atoms with Crippen LogP contribution in [0.3, 0.4) is 0 Å². The Bertz CT molecular complexity index is 22.4. The fourth-order valence-corrected chi connectivity index (χ4v) is 0. The van der Waals surface area contributed by atoms with Gasteiger partial charge in [-0.05, 0) is 0 Å². The predicted octanol–water partition coefficient (Wildman–Crippen LogP) is 0.890. The van der Waals surface area contributed by atoms with Crippen LogP contribution in [0.5, 0.6) is 0 Å². The molecule has 0 aliphatic rings. The van der Waals surface area contributed by atoms with Gasteiger partial charge in [0.2, 0.25) is 0 Å². The molecule has 2 heteroatoms. The molecule has 0 amide bonds. The van der Waals surface area contributed by atoms with Gasteiger partial charge in [0.25, 0.3) is 0 Å². The third-order valence-corrected chi connectivity index (χ3v) is 0. The summed E-state index contributed by atoms with van der Waals surface area (Å²) in [6, 6.07) is 0. The van der Waals surface area contributed by atoms with E-state index in [1.807, 2.05) is 19.6 Å². The van der Waals surface area contributed by atoms with Crippen LogP contribution in [0.2, 0.25) is 19.6 Å². The van der Waals surface area contributed by atoms with E-state index in [2.05, 4.69) is 0 Å². The van der Waals surface area contributed by atoms with Crippen molar-refractivity contribution < 1.29 is 0 Å². The Morgan fingerprint density at radius 1 is 1.20 bits per heavy atom. The lowest BCUT2D eigenvalue weighted by Crippen LogP contribution is -2.20. The smallest absolute Gasteiger partial charge is 0.160 e. The van der Waals surface area contributed by atoms with Crippen molar-refractivity contribution in [3.05, 3.63) is 0 Å². The van der Waals surface area contributed by atoms with Gasteiger partial charge in [0.15, 0.2) is 8.24 Å². The highest BCUT2D eigenvalue weighted by atomic mass is 28.3. The van der Waals surface area contributed by atoms with E-state index in [0.717, 1.165) is 0 Å². The summed E-state index contributed by atoms with van der Waals surface area (Å²) in [5.74, 6) is 0. The zero-order chi connectivity index (χ0) is 4.50. The lowest BCUT2D eigenvalue weighted by atomic mass is 11.8. The van der Waals surface area contributed by atoms with E-state index >= 15 is 0 Å². The highest BCUT2D eigenvalue weighted by Gasteiger charge is 2.04. The second-order valence-corrected chi connectivity index (χ2v) is 6.51. The van der Waals surface area contributed by atoms with Crippen LogP contribution in [0.1, 0.15) is 0 Å². The molecule has 0 heterocycles. The van der Waals surface area contributed by atoms with Gasteiger partial charge in [0, 0.05) is 0 Å². The van der Waals surface area contributed by atoms with E-state index < -0.39 is 8.24 Å². The Morgan fingerprint density at radius 2 is 1.20 bits per heavy atom. The van der Waals surface area contributed by atoms with Crippen LogP contribution in [0.25, 0.3) is 0 Å². The van der Waals surface area contributed by atoms with Crippen molar-refractivity contribution in [2.24, 2.45) is 0 Å². The first-order valence-electron chi connectivity index (χ1n) is 1.72. The fourth-order valence-electron chi connectivity index (χ4n) is 0. The topological polar surface area (TPSA) is 22.3 Å². The van der Waals surface area contributed by atoms with Gasteiger partial charge >= 0.3 is 0 Å². The number of hydrogen-bond acceptors (Lipinski definition) is 0. The largest absolute Gasteiger partial charge is 0.189 e. The Hall–Kier alpha value is 0.177. The highest BCUT2D eigenvalue weighted by Crippen LogP contribution is 1.87. The average molecular weight is 87.2 g/mol. The summed E-state index contributed by atoms with van der Waals surface area (Å²) in [6.07, 6.45) is 0. The van der Waals surface area contributed by atoms with Crippen molar-refractivity contribution in [1.29, 1.82) is 0 Å². The van der Waals surface area contributed by atoms with Gasteiger partial charge in [-0.25, -0.2) is 0 Å². The van der Waals surface area contributed by atoms with E-state index in [9.17, 15) is 0 Å². The standard InChI is InChI=1S/C3H9NSi/c1-5(2,3)4/h1-3H3. The van der Waals surface area contributed by atoms with Crippen LogP contribution in [-0.2, 0) is 0 Å². The Kier molecular flexibility index (Phi) is 1.14. The lowest BCUT2D eigenvalue weighted by Gasteiger charge is -1.97. The molecule has 0 aromatic rings. The van der Waals surface area contributed by atoms with Crippen molar-refractivity contribution in [2.75, 3.05) is 0 Å². The summed E-state index contributed by atoms with van der Waals surface area (Å²) in [5.41, 5.74) is 0. The van der Waals surface area contributed by atoms with Crippen LogP contribution >= 0.6 is 0 Å². The molecule has 0 atom stereocenters. The monoisotopic (exact) mass is 87.1 g/mol. The third kappa shape index (κ3) is 633. The molecule has 0 aliphatic carbocycles. The normalized spacial score (nSPS) is 12.0. The quantitative estimate of drug-likeness (QED) is 0.391. The van der Waals surface area contributed by atoms with Gasteiger partial charge in [-0.1, -0.05) is 19.6 Å². The molecule has 0 rings (SSSR count). The van der Waals surface area contributed by atoms with Gasteiger partial charge in [-0.15, -0.1) is 0 Å². The predicted molar refractivity (Wildman–Crippen MR) is 25.5 cm³/mol. The maximum Gasteiger partial charge on any atom is 0.160 e. The maximum absolute atomic E-state index is 8.66. The van der Waals surface area contributed by atoms with Gasteiger partial charge < -0.3 is 0 Å². The summed E-state index contributed by atoms with van der Waals surface area (Å²) in [7, 11) is -1.61. The second-order valence-electron chi connectivity index (χ2n) is 2.17. The highest BCUT2D eigenvalue weighted by molar-refractivity contribution is 6.72. The molecule has 0 aliphatic heterocycles. The van der Waals surface area contributed by atoms with E-state index in [1.165, 1.54) is 0 Å². The van der Waals surface area contributed by atoms with Crippen LogP contribution in [0.4, 0.5) is 0 Å². The third-order valence-electron chi connectivity index (χ3n) is 0. The van der Waals surface area contributed by atoms with Crippen LogP contribution in [-0.4, -0.2) is 8.24 Å². The fraction of sp³-hybridized carbons (Fsp3) is 1.00. The Balaban J connectivity index is 3.02. The van der Waals surface area contributed by atoms with E-state index in [0.29, 0.717) is 0 Å². The molecular weight excluding hydrogens is 78.1 g/mol. The Morgan fingerprint density at radius 3 is 1.20 bits per heavy atom. The SMILES string of the molecule is C[Si](C)(C)[N]. The van der Waals surface area contributed by atoms with Crippen molar-refractivity contribution >= 4 is 8.24 Å². The summed E-state index contributed by atoms with van der Waals surface area (Å²) in [4.78, 5) is 0. The molecule has 1 nitrogen and oxygen atoms in total. The molecule has 0 unspecified atom stereocenters.